The van der Waals surface area contributed by atoms with Gasteiger partial charge >= 0.3 is 0 Å². The Kier molecular flexibility index (Phi) is 5.17. The molecule has 1 aliphatic heterocycles. The van der Waals surface area contributed by atoms with Crippen molar-refractivity contribution in [2.45, 2.75) is 32.2 Å². The molecule has 0 radical (unpaired) electrons. The molecule has 0 aliphatic carbocycles. The van der Waals surface area contributed by atoms with E-state index in [0.29, 0.717) is 18.7 Å². The van der Waals surface area contributed by atoms with E-state index in [1.54, 1.807) is 17.0 Å². The van der Waals surface area contributed by atoms with Gasteiger partial charge in [0.15, 0.2) is 0 Å². The summed E-state index contributed by atoms with van der Waals surface area (Å²) in [5.74, 6) is -0.102. The summed E-state index contributed by atoms with van der Waals surface area (Å²) in [4.78, 5) is 26.3. The van der Waals surface area contributed by atoms with Crippen molar-refractivity contribution >= 4 is 27.7 Å². The Labute approximate surface area is 127 Å². The normalized spacial score (nSPS) is 18.8. The smallest absolute Gasteiger partial charge is 0.254 e. The number of nitrogens with one attached hydrogen (secondary N) is 1. The molecule has 1 atom stereocenters. The highest BCUT2D eigenvalue weighted by molar-refractivity contribution is 9.10. The molecule has 5 heteroatoms. The molecule has 1 heterocycles. The lowest BCUT2D eigenvalue weighted by molar-refractivity contribution is -0.128. The van der Waals surface area contributed by atoms with Crippen molar-refractivity contribution in [1.29, 1.82) is 0 Å². The molecule has 0 saturated carbocycles. The summed E-state index contributed by atoms with van der Waals surface area (Å²) in [6.07, 6.45) is 2.69. The first kappa shape index (κ1) is 15.0. The van der Waals surface area contributed by atoms with Gasteiger partial charge in [0.2, 0.25) is 5.91 Å². The molecule has 0 unspecified atom stereocenters. The van der Waals surface area contributed by atoms with E-state index in [9.17, 15) is 9.59 Å². The maximum absolute atomic E-state index is 12.6. The van der Waals surface area contributed by atoms with Crippen LogP contribution in [-0.2, 0) is 4.79 Å². The SMILES string of the molecule is CCCC[C@@H]1C(=O)NCCN1C(=O)c1cccc(Br)c1. The second kappa shape index (κ2) is 6.88. The molecule has 1 aromatic rings. The van der Waals surface area contributed by atoms with Gasteiger partial charge in [-0.05, 0) is 24.6 Å². The molecule has 20 heavy (non-hydrogen) atoms. The van der Waals surface area contributed by atoms with E-state index in [2.05, 4.69) is 28.2 Å². The van der Waals surface area contributed by atoms with Crippen LogP contribution in [0.5, 0.6) is 0 Å². The molecule has 1 fully saturated rings. The van der Waals surface area contributed by atoms with Crippen LogP contribution in [0.1, 0.15) is 36.5 Å². The first-order valence-corrected chi connectivity index (χ1v) is 7.77. The average molecular weight is 339 g/mol. The van der Waals surface area contributed by atoms with E-state index < -0.39 is 0 Å². The number of carbonyl (C=O) groups is 2. The predicted octanol–water partition coefficient (Wildman–Crippen LogP) is 2.58. The topological polar surface area (TPSA) is 49.4 Å². The van der Waals surface area contributed by atoms with Gasteiger partial charge in [-0.15, -0.1) is 0 Å². The Bertz CT molecular complexity index is 504. The zero-order valence-electron chi connectivity index (χ0n) is 11.6. The van der Waals surface area contributed by atoms with Crippen molar-refractivity contribution in [3.05, 3.63) is 34.3 Å². The fourth-order valence-electron chi connectivity index (χ4n) is 2.43. The van der Waals surface area contributed by atoms with Crippen molar-refractivity contribution in [2.75, 3.05) is 13.1 Å². The van der Waals surface area contributed by atoms with Gasteiger partial charge in [0.25, 0.3) is 5.91 Å². The molecule has 2 rings (SSSR count). The van der Waals surface area contributed by atoms with E-state index in [-0.39, 0.29) is 17.9 Å². The minimum atomic E-state index is -0.338. The van der Waals surface area contributed by atoms with E-state index in [1.165, 1.54) is 0 Å². The molecule has 0 bridgehead atoms. The fourth-order valence-corrected chi connectivity index (χ4v) is 2.83. The summed E-state index contributed by atoms with van der Waals surface area (Å²) < 4.78 is 0.870. The molecule has 1 aromatic carbocycles. The number of hydrogen-bond acceptors (Lipinski definition) is 2. The maximum Gasteiger partial charge on any atom is 0.254 e. The highest BCUT2D eigenvalue weighted by Crippen LogP contribution is 2.18. The maximum atomic E-state index is 12.6. The first-order chi connectivity index (χ1) is 9.63. The Morgan fingerprint density at radius 1 is 1.50 bits per heavy atom. The zero-order chi connectivity index (χ0) is 14.5. The second-order valence-electron chi connectivity index (χ2n) is 4.96. The number of amides is 2. The Hall–Kier alpha value is -1.36. The first-order valence-electron chi connectivity index (χ1n) is 6.97. The lowest BCUT2D eigenvalue weighted by atomic mass is 10.0. The summed E-state index contributed by atoms with van der Waals surface area (Å²) >= 11 is 3.37. The van der Waals surface area contributed by atoms with Gasteiger partial charge in [0.1, 0.15) is 6.04 Å². The average Bonchev–Trinajstić information content (AvgIpc) is 2.45. The van der Waals surface area contributed by atoms with Crippen molar-refractivity contribution in [1.82, 2.24) is 10.2 Å². The van der Waals surface area contributed by atoms with E-state index in [0.717, 1.165) is 23.7 Å². The van der Waals surface area contributed by atoms with Crippen molar-refractivity contribution in [3.63, 3.8) is 0 Å². The molecule has 1 saturated heterocycles. The molecule has 4 nitrogen and oxygen atoms in total. The largest absolute Gasteiger partial charge is 0.353 e. The van der Waals surface area contributed by atoms with Crippen molar-refractivity contribution in [3.8, 4) is 0 Å². The van der Waals surface area contributed by atoms with Gasteiger partial charge in [0.05, 0.1) is 0 Å². The van der Waals surface area contributed by atoms with Crippen LogP contribution in [0.2, 0.25) is 0 Å². The molecule has 0 aromatic heterocycles. The third-order valence-corrected chi connectivity index (χ3v) is 3.99. The van der Waals surface area contributed by atoms with Crippen LogP contribution in [0.4, 0.5) is 0 Å². The second-order valence-corrected chi connectivity index (χ2v) is 5.87. The number of nitrogens with zero attached hydrogens (tertiary/aromatic N) is 1. The number of piperazine rings is 1. The van der Waals surface area contributed by atoms with E-state index in [4.69, 9.17) is 0 Å². The minimum absolute atomic E-state index is 0.0342. The van der Waals surface area contributed by atoms with Crippen molar-refractivity contribution < 1.29 is 9.59 Å². The number of halogens is 1. The van der Waals surface area contributed by atoms with Crippen LogP contribution in [0.15, 0.2) is 28.7 Å². The molecular formula is C15H19BrN2O2. The quantitative estimate of drug-likeness (QED) is 0.917. The van der Waals surface area contributed by atoms with E-state index in [1.807, 2.05) is 12.1 Å². The summed E-state index contributed by atoms with van der Waals surface area (Å²) in [7, 11) is 0. The molecule has 0 spiro atoms. The van der Waals surface area contributed by atoms with Gasteiger partial charge in [-0.2, -0.15) is 0 Å². The third kappa shape index (κ3) is 3.39. The van der Waals surface area contributed by atoms with Crippen LogP contribution in [0.3, 0.4) is 0 Å². The zero-order valence-corrected chi connectivity index (χ0v) is 13.1. The molecule has 108 valence electrons. The van der Waals surface area contributed by atoms with Crippen LogP contribution in [0, 0.1) is 0 Å². The van der Waals surface area contributed by atoms with Gasteiger partial charge < -0.3 is 10.2 Å². The van der Waals surface area contributed by atoms with Gasteiger partial charge in [0, 0.05) is 23.1 Å². The van der Waals surface area contributed by atoms with Gasteiger partial charge in [-0.3, -0.25) is 9.59 Å². The van der Waals surface area contributed by atoms with Crippen LogP contribution < -0.4 is 5.32 Å². The van der Waals surface area contributed by atoms with E-state index >= 15 is 0 Å². The summed E-state index contributed by atoms with van der Waals surface area (Å²) in [5, 5.41) is 2.85. The molecular weight excluding hydrogens is 320 g/mol. The molecule has 1 aliphatic rings. The highest BCUT2D eigenvalue weighted by atomic mass is 79.9. The van der Waals surface area contributed by atoms with Gasteiger partial charge in [-0.1, -0.05) is 41.8 Å². The van der Waals surface area contributed by atoms with Gasteiger partial charge in [-0.25, -0.2) is 0 Å². The van der Waals surface area contributed by atoms with Crippen molar-refractivity contribution in [2.24, 2.45) is 0 Å². The van der Waals surface area contributed by atoms with Crippen LogP contribution >= 0.6 is 15.9 Å². The number of unbranched alkanes of at least 4 members (excludes halogenated alkanes) is 1. The fraction of sp³-hybridized carbons (Fsp3) is 0.467. The number of rotatable bonds is 4. The Morgan fingerprint density at radius 2 is 2.30 bits per heavy atom. The molecule has 1 N–H and O–H groups in total. The predicted molar refractivity (Wildman–Crippen MR) is 81.5 cm³/mol. The summed E-state index contributed by atoms with van der Waals surface area (Å²) in [5.41, 5.74) is 0.621. The highest BCUT2D eigenvalue weighted by Gasteiger charge is 2.32. The number of hydrogen-bond donors (Lipinski definition) is 1. The number of benzene rings is 1. The lowest BCUT2D eigenvalue weighted by Crippen LogP contribution is -2.57. The minimum Gasteiger partial charge on any atom is -0.353 e. The molecule has 2 amide bonds. The Morgan fingerprint density at radius 3 is 3.00 bits per heavy atom. The third-order valence-electron chi connectivity index (χ3n) is 3.49. The van der Waals surface area contributed by atoms with Crippen LogP contribution in [-0.4, -0.2) is 35.8 Å². The summed E-state index contributed by atoms with van der Waals surface area (Å²) in [6.45, 7) is 3.19. The number of carbonyl (C=O) groups excluding carboxylic acids is 2. The lowest BCUT2D eigenvalue weighted by Gasteiger charge is -2.35. The monoisotopic (exact) mass is 338 g/mol. The summed E-state index contributed by atoms with van der Waals surface area (Å²) in [6, 6.07) is 6.97. The van der Waals surface area contributed by atoms with Crippen LogP contribution in [0.25, 0.3) is 0 Å². The standard InChI is InChI=1S/C15H19BrN2O2/c1-2-3-7-13-14(19)17-8-9-18(13)15(20)11-5-4-6-12(16)10-11/h4-6,10,13H,2-3,7-9H2,1H3,(H,17,19)/t13-/m1/s1. The Balaban J connectivity index is 2.19.